The monoisotopic (exact) mass is 578 g/mol. The Morgan fingerprint density at radius 3 is 2.64 bits per heavy atom. The second kappa shape index (κ2) is 9.52. The van der Waals surface area contributed by atoms with E-state index in [0.717, 1.165) is 17.5 Å². The highest BCUT2D eigenvalue weighted by molar-refractivity contribution is 5.98. The van der Waals surface area contributed by atoms with Crippen LogP contribution in [0.25, 0.3) is 0 Å². The maximum Gasteiger partial charge on any atom is 0.289 e. The van der Waals surface area contributed by atoms with Crippen molar-refractivity contribution < 1.29 is 24.5 Å². The number of guanidine groups is 2. The molecule has 2 amide bonds. The second-order valence-electron chi connectivity index (χ2n) is 11.7. The Morgan fingerprint density at radius 1 is 1.17 bits per heavy atom. The smallest absolute Gasteiger partial charge is 0.289 e. The van der Waals surface area contributed by atoms with Crippen molar-refractivity contribution in [3.05, 3.63) is 53.1 Å². The summed E-state index contributed by atoms with van der Waals surface area (Å²) in [6.07, 6.45) is 3.84. The number of rotatable bonds is 5. The van der Waals surface area contributed by atoms with E-state index in [0.29, 0.717) is 12.4 Å². The molecule has 9 N–H and O–H groups in total. The molecule has 1 aromatic carbocycles. The van der Waals surface area contributed by atoms with E-state index in [1.807, 2.05) is 6.07 Å². The molecule has 42 heavy (non-hydrogen) atoms. The Balaban J connectivity index is 1.26. The van der Waals surface area contributed by atoms with Crippen molar-refractivity contribution in [2.45, 2.75) is 62.2 Å². The van der Waals surface area contributed by atoms with Gasteiger partial charge in [0.2, 0.25) is 11.6 Å². The van der Waals surface area contributed by atoms with E-state index < -0.39 is 41.4 Å². The highest BCUT2D eigenvalue weighted by atomic mass is 16.5. The van der Waals surface area contributed by atoms with Gasteiger partial charge in [-0.1, -0.05) is 26.0 Å². The van der Waals surface area contributed by atoms with Crippen molar-refractivity contribution in [2.75, 3.05) is 19.7 Å². The average molecular weight is 579 g/mol. The number of carbonyl (C=O) groups excluding carboxylic acids is 2. The quantitative estimate of drug-likeness (QED) is 0.193. The van der Waals surface area contributed by atoms with E-state index in [-0.39, 0.29) is 41.8 Å². The van der Waals surface area contributed by atoms with E-state index in [1.54, 1.807) is 19.1 Å². The van der Waals surface area contributed by atoms with Gasteiger partial charge in [0.25, 0.3) is 11.8 Å². The molecule has 1 spiro atoms. The second-order valence-corrected chi connectivity index (χ2v) is 11.7. The van der Waals surface area contributed by atoms with Crippen LogP contribution in [-0.2, 0) is 5.41 Å². The third kappa shape index (κ3) is 4.10. The molecular formula is C27H34N10O5. The highest BCUT2D eigenvalue weighted by Crippen LogP contribution is 2.45. The summed E-state index contributed by atoms with van der Waals surface area (Å²) in [6.45, 7) is 6.24. The third-order valence-corrected chi connectivity index (χ3v) is 8.53. The molecule has 1 saturated heterocycles. The van der Waals surface area contributed by atoms with Crippen LogP contribution in [0.2, 0.25) is 0 Å². The number of aliphatic hydroxyl groups is 2. The van der Waals surface area contributed by atoms with Gasteiger partial charge in [0.15, 0.2) is 17.6 Å². The maximum absolute atomic E-state index is 13.6. The molecule has 3 unspecified atom stereocenters. The fourth-order valence-electron chi connectivity index (χ4n) is 6.22. The Labute approximate surface area is 241 Å². The van der Waals surface area contributed by atoms with Crippen LogP contribution in [0.5, 0.6) is 5.75 Å². The van der Waals surface area contributed by atoms with Gasteiger partial charge in [0, 0.05) is 31.0 Å². The van der Waals surface area contributed by atoms with Gasteiger partial charge in [0.1, 0.15) is 17.8 Å². The lowest BCUT2D eigenvalue weighted by Gasteiger charge is -2.49. The molecular weight excluding hydrogens is 544 g/mol. The van der Waals surface area contributed by atoms with Crippen molar-refractivity contribution in [1.29, 1.82) is 0 Å². The summed E-state index contributed by atoms with van der Waals surface area (Å²) in [4.78, 5) is 44.7. The van der Waals surface area contributed by atoms with E-state index in [4.69, 9.17) is 16.2 Å². The lowest BCUT2D eigenvalue weighted by Crippen LogP contribution is -2.78. The number of amides is 2. The number of aromatic nitrogens is 2. The normalized spacial score (nSPS) is 28.2. The van der Waals surface area contributed by atoms with Gasteiger partial charge in [-0.25, -0.2) is 20.0 Å². The number of nitrogens with two attached hydrogens (primary N) is 2. The SMILES string of the molecule is Cc1cnc(C(=O)NC[C@@H]2N=C(N)N3CC(NC(=O)c4cccc5c4OCCC5(C)C)C(O)(O)C34NC(N)=NC24)nc1. The Kier molecular flexibility index (Phi) is 6.27. The molecule has 0 aliphatic carbocycles. The number of hydrogen-bond acceptors (Lipinski definition) is 13. The van der Waals surface area contributed by atoms with Gasteiger partial charge in [-0.3, -0.25) is 9.59 Å². The number of fused-ring (bicyclic) bond motifs is 1. The first-order chi connectivity index (χ1) is 19.8. The van der Waals surface area contributed by atoms with Gasteiger partial charge < -0.3 is 47.3 Å². The van der Waals surface area contributed by atoms with Crippen LogP contribution in [0.3, 0.4) is 0 Å². The summed E-state index contributed by atoms with van der Waals surface area (Å²) in [5.41, 5.74) is 12.4. The van der Waals surface area contributed by atoms with E-state index >= 15 is 0 Å². The molecule has 1 fully saturated rings. The van der Waals surface area contributed by atoms with Gasteiger partial charge in [-0.15, -0.1) is 0 Å². The summed E-state index contributed by atoms with van der Waals surface area (Å²) >= 11 is 0. The summed E-state index contributed by atoms with van der Waals surface area (Å²) in [5.74, 6) is -3.39. The van der Waals surface area contributed by atoms with Crippen molar-refractivity contribution in [3.8, 4) is 5.75 Å². The topological polar surface area (TPSA) is 226 Å². The zero-order valence-electron chi connectivity index (χ0n) is 23.5. The average Bonchev–Trinajstić information content (AvgIpc) is 3.41. The highest BCUT2D eigenvalue weighted by Gasteiger charge is 2.73. The molecule has 5 heterocycles. The van der Waals surface area contributed by atoms with E-state index in [9.17, 15) is 19.8 Å². The fourth-order valence-corrected chi connectivity index (χ4v) is 6.22. The molecule has 6 rings (SSSR count). The number of aryl methyl sites for hydroxylation is 1. The molecule has 4 aliphatic rings. The van der Waals surface area contributed by atoms with Crippen LogP contribution in [0, 0.1) is 6.92 Å². The summed E-state index contributed by atoms with van der Waals surface area (Å²) < 4.78 is 5.89. The molecule has 0 saturated carbocycles. The molecule has 15 nitrogen and oxygen atoms in total. The molecule has 4 aliphatic heterocycles. The minimum Gasteiger partial charge on any atom is -0.492 e. The maximum atomic E-state index is 13.6. The molecule has 0 radical (unpaired) electrons. The van der Waals surface area contributed by atoms with Crippen LogP contribution >= 0.6 is 0 Å². The number of nitrogens with zero attached hydrogens (tertiary/aromatic N) is 5. The van der Waals surface area contributed by atoms with Crippen LogP contribution in [0.15, 0.2) is 40.6 Å². The Bertz CT molecular complexity index is 1510. The number of aliphatic imine (C=N–C) groups is 2. The standard InChI is InChI=1S/C27H34N10O5/c1-13-9-30-20(31-10-13)22(39)32-11-16-19-26(36-23(28)35-19)27(40,41)17(12-37(26)24(29)33-16)34-21(38)14-5-4-6-15-18(14)42-8-7-25(15,2)3/h4-6,9-10,16-17,19,40-41H,7-8,11-12H2,1-3H3,(H2,29,33)(H,32,39)(H,34,38)(H3,28,35,36)/t16-,17?,19?,26?/m0/s1. The Morgan fingerprint density at radius 2 is 1.90 bits per heavy atom. The molecule has 0 bridgehead atoms. The van der Waals surface area contributed by atoms with Gasteiger partial charge in [-0.05, 0) is 30.4 Å². The van der Waals surface area contributed by atoms with Gasteiger partial charge >= 0.3 is 0 Å². The minimum absolute atomic E-state index is 0.0324. The molecule has 4 atom stereocenters. The number of ether oxygens (including phenoxy) is 1. The molecule has 222 valence electrons. The molecule has 2 aromatic rings. The predicted octanol–water partition coefficient (Wildman–Crippen LogP) is -1.95. The largest absolute Gasteiger partial charge is 0.492 e. The Hall–Kier alpha value is -4.50. The number of para-hydroxylation sites is 1. The van der Waals surface area contributed by atoms with Crippen molar-refractivity contribution >= 4 is 23.7 Å². The first kappa shape index (κ1) is 27.7. The van der Waals surface area contributed by atoms with Crippen molar-refractivity contribution in [2.24, 2.45) is 21.5 Å². The first-order valence-electron chi connectivity index (χ1n) is 13.7. The third-order valence-electron chi connectivity index (χ3n) is 8.53. The van der Waals surface area contributed by atoms with Gasteiger partial charge in [-0.2, -0.15) is 0 Å². The molecule has 15 heteroatoms. The van der Waals surface area contributed by atoms with E-state index in [2.05, 4.69) is 49.8 Å². The van der Waals surface area contributed by atoms with Gasteiger partial charge in [0.05, 0.1) is 18.2 Å². The number of benzene rings is 1. The first-order valence-corrected chi connectivity index (χ1v) is 13.7. The predicted molar refractivity (Wildman–Crippen MR) is 150 cm³/mol. The summed E-state index contributed by atoms with van der Waals surface area (Å²) in [5, 5.41) is 31.8. The number of carbonyl (C=O) groups is 2. The summed E-state index contributed by atoms with van der Waals surface area (Å²) in [7, 11) is 0. The van der Waals surface area contributed by atoms with E-state index in [1.165, 1.54) is 17.3 Å². The lowest BCUT2D eigenvalue weighted by molar-refractivity contribution is -0.230. The zero-order valence-corrected chi connectivity index (χ0v) is 23.5. The number of nitrogens with one attached hydrogen (secondary N) is 3. The molecule has 1 aromatic heterocycles. The van der Waals surface area contributed by atoms with Crippen LogP contribution in [0.4, 0.5) is 0 Å². The van der Waals surface area contributed by atoms with Crippen LogP contribution < -0.4 is 32.2 Å². The zero-order chi connectivity index (χ0) is 30.0. The van der Waals surface area contributed by atoms with Crippen molar-refractivity contribution in [3.63, 3.8) is 0 Å². The lowest BCUT2D eigenvalue weighted by atomic mass is 9.79. The van der Waals surface area contributed by atoms with Crippen molar-refractivity contribution in [1.82, 2.24) is 30.8 Å². The minimum atomic E-state index is -2.63. The van der Waals surface area contributed by atoms with Crippen LogP contribution in [0.1, 0.15) is 52.4 Å². The van der Waals surface area contributed by atoms with Crippen LogP contribution in [-0.4, -0.2) is 98.1 Å². The number of hydrogen-bond donors (Lipinski definition) is 7. The fraction of sp³-hybridized carbons (Fsp3) is 0.481. The summed E-state index contributed by atoms with van der Waals surface area (Å²) in [6, 6.07) is 2.27.